The van der Waals surface area contributed by atoms with Gasteiger partial charge in [0.05, 0.1) is 15.1 Å². The number of non-ortho nitro benzene ring substituents is 1. The monoisotopic (exact) mass is 774 g/mol. The topological polar surface area (TPSA) is 99.0 Å². The van der Waals surface area contributed by atoms with E-state index in [9.17, 15) is 19.7 Å². The summed E-state index contributed by atoms with van der Waals surface area (Å²) in [5.41, 5.74) is 6.00. The molecular formula is C40H43IN2O6. The number of hydrogen-bond donors (Lipinski definition) is 0. The number of nitrogens with zero attached hydrogens (tertiary/aromatic N) is 2. The molecule has 256 valence electrons. The van der Waals surface area contributed by atoms with Crippen LogP contribution in [-0.4, -0.2) is 34.5 Å². The van der Waals surface area contributed by atoms with Crippen LogP contribution in [0.15, 0.2) is 89.3 Å². The van der Waals surface area contributed by atoms with Crippen molar-refractivity contribution in [3.63, 3.8) is 0 Å². The second kappa shape index (κ2) is 13.7. The molecule has 1 aliphatic heterocycles. The van der Waals surface area contributed by atoms with Gasteiger partial charge in [-0.1, -0.05) is 58.0 Å². The molecule has 0 fully saturated rings. The smallest absolute Gasteiger partial charge is 0.269 e. The van der Waals surface area contributed by atoms with Crippen LogP contribution in [0.25, 0.3) is 0 Å². The minimum atomic E-state index is -0.499. The first-order valence-electron chi connectivity index (χ1n) is 16.9. The van der Waals surface area contributed by atoms with E-state index in [1.807, 2.05) is 37.3 Å². The molecule has 0 unspecified atom stereocenters. The van der Waals surface area contributed by atoms with Gasteiger partial charge in [-0.3, -0.25) is 19.7 Å². The molecule has 6 rings (SSSR count). The quantitative estimate of drug-likeness (QED) is 0.115. The first kappa shape index (κ1) is 34.9. The van der Waals surface area contributed by atoms with Crippen molar-refractivity contribution in [2.45, 2.75) is 79.2 Å². The zero-order valence-electron chi connectivity index (χ0n) is 28.8. The lowest BCUT2D eigenvalue weighted by molar-refractivity contribution is -0.384. The summed E-state index contributed by atoms with van der Waals surface area (Å²) < 4.78 is 13.2. The summed E-state index contributed by atoms with van der Waals surface area (Å²) in [6.45, 7) is 11.8. The molecule has 0 saturated heterocycles. The average Bonchev–Trinajstić information content (AvgIpc) is 3.02. The highest BCUT2D eigenvalue weighted by Crippen LogP contribution is 2.55. The van der Waals surface area contributed by atoms with Crippen LogP contribution in [0.1, 0.15) is 82.9 Å². The van der Waals surface area contributed by atoms with Crippen LogP contribution in [0.5, 0.6) is 11.5 Å². The molecule has 3 aromatic rings. The molecule has 0 atom stereocenters. The predicted octanol–water partition coefficient (Wildman–Crippen LogP) is 9.11. The number of ketones is 2. The maximum Gasteiger partial charge on any atom is 0.269 e. The van der Waals surface area contributed by atoms with E-state index in [2.05, 4.69) is 67.3 Å². The van der Waals surface area contributed by atoms with E-state index in [1.165, 1.54) is 17.7 Å². The molecule has 0 amide bonds. The third-order valence-corrected chi connectivity index (χ3v) is 10.5. The van der Waals surface area contributed by atoms with Gasteiger partial charge in [0, 0.05) is 60.0 Å². The van der Waals surface area contributed by atoms with Gasteiger partial charge in [0.2, 0.25) is 0 Å². The number of halogens is 1. The van der Waals surface area contributed by atoms with Gasteiger partial charge in [0.25, 0.3) is 5.69 Å². The van der Waals surface area contributed by atoms with Gasteiger partial charge in [-0.05, 0) is 101 Å². The van der Waals surface area contributed by atoms with Crippen LogP contribution >= 0.6 is 22.6 Å². The Morgan fingerprint density at radius 1 is 0.837 bits per heavy atom. The number of allylic oxidation sites excluding steroid dienone is 4. The summed E-state index contributed by atoms with van der Waals surface area (Å²) in [5.74, 6) is 0.782. The van der Waals surface area contributed by atoms with Gasteiger partial charge in [0.1, 0.15) is 6.61 Å². The Kier molecular flexibility index (Phi) is 9.77. The van der Waals surface area contributed by atoms with Crippen molar-refractivity contribution < 1.29 is 24.0 Å². The summed E-state index contributed by atoms with van der Waals surface area (Å²) in [7, 11) is 0. The largest absolute Gasteiger partial charge is 0.490 e. The molecule has 49 heavy (non-hydrogen) atoms. The van der Waals surface area contributed by atoms with Crippen molar-refractivity contribution in [1.82, 2.24) is 4.90 Å². The van der Waals surface area contributed by atoms with Gasteiger partial charge in [0.15, 0.2) is 23.1 Å². The molecule has 3 aromatic carbocycles. The second-order valence-corrected chi connectivity index (χ2v) is 16.1. The third-order valence-electron chi connectivity index (χ3n) is 9.68. The maximum absolute atomic E-state index is 14.3. The van der Waals surface area contributed by atoms with Crippen LogP contribution in [0.4, 0.5) is 5.69 Å². The lowest BCUT2D eigenvalue weighted by atomic mass is 9.63. The number of carbonyl (C=O) groups excluding carboxylic acids is 2. The molecular weight excluding hydrogens is 731 g/mol. The standard InChI is InChI=1S/C40H43IN2O6/c1-6-48-34-19-27(18-29(41)38(34)49-24-26-12-14-28(15-13-26)43(46)47)35-36-30(20-39(2,3)22-32(36)44)42(17-16-25-10-8-7-9-11-25)31-21-40(4,5)23-33(45)37(31)35/h7-15,18-19,35H,6,16-17,20-24H2,1-5H3. The number of rotatable bonds is 10. The maximum atomic E-state index is 14.3. The number of nitro groups is 1. The van der Waals surface area contributed by atoms with Gasteiger partial charge in [-0.25, -0.2) is 0 Å². The highest BCUT2D eigenvalue weighted by atomic mass is 127. The normalized spacial score (nSPS) is 18.7. The molecule has 0 aromatic heterocycles. The highest BCUT2D eigenvalue weighted by Gasteiger charge is 2.49. The first-order valence-corrected chi connectivity index (χ1v) is 18.0. The Morgan fingerprint density at radius 2 is 1.43 bits per heavy atom. The minimum absolute atomic E-state index is 0.0208. The Hall–Kier alpha value is -3.99. The molecule has 8 nitrogen and oxygen atoms in total. The van der Waals surface area contributed by atoms with E-state index in [4.69, 9.17) is 9.47 Å². The van der Waals surface area contributed by atoms with E-state index in [0.717, 1.165) is 56.5 Å². The van der Waals surface area contributed by atoms with E-state index < -0.39 is 10.8 Å². The molecule has 9 heteroatoms. The van der Waals surface area contributed by atoms with Gasteiger partial charge >= 0.3 is 0 Å². The highest BCUT2D eigenvalue weighted by molar-refractivity contribution is 14.1. The molecule has 1 heterocycles. The second-order valence-electron chi connectivity index (χ2n) is 14.9. The van der Waals surface area contributed by atoms with Crippen molar-refractivity contribution >= 4 is 39.8 Å². The lowest BCUT2D eigenvalue weighted by Gasteiger charge is -2.49. The fourth-order valence-corrected chi connectivity index (χ4v) is 8.34. The van der Waals surface area contributed by atoms with E-state index in [0.29, 0.717) is 37.5 Å². The van der Waals surface area contributed by atoms with E-state index in [-0.39, 0.29) is 34.7 Å². The predicted molar refractivity (Wildman–Crippen MR) is 197 cm³/mol. The Morgan fingerprint density at radius 3 is 1.98 bits per heavy atom. The molecule has 0 radical (unpaired) electrons. The number of carbonyl (C=O) groups is 2. The van der Waals surface area contributed by atoms with E-state index in [1.54, 1.807) is 12.1 Å². The number of benzene rings is 3. The first-order chi connectivity index (χ1) is 23.3. The SMILES string of the molecule is CCOc1cc(C2C3=C(CC(C)(C)CC3=O)N(CCc3ccccc3)C3=C2C(=O)CC(C)(C)C3)cc(I)c1OCc1ccc([N+](=O)[O-])cc1. The lowest BCUT2D eigenvalue weighted by Crippen LogP contribution is -2.45. The number of hydrogen-bond acceptors (Lipinski definition) is 7. The number of Topliss-reactive ketones (excluding diaryl/α,β-unsaturated/α-hetero) is 2. The number of nitro benzene ring substituents is 1. The summed E-state index contributed by atoms with van der Waals surface area (Å²) in [6, 6.07) is 20.6. The van der Waals surface area contributed by atoms with Gasteiger partial charge < -0.3 is 14.4 Å². The summed E-state index contributed by atoms with van der Waals surface area (Å²) in [5, 5.41) is 11.1. The zero-order valence-corrected chi connectivity index (χ0v) is 31.0. The molecule has 2 aliphatic carbocycles. The van der Waals surface area contributed by atoms with Crippen LogP contribution in [0, 0.1) is 24.5 Å². The fraction of sp³-hybridized carbons (Fsp3) is 0.400. The van der Waals surface area contributed by atoms with Crippen molar-refractivity contribution in [3.8, 4) is 11.5 Å². The van der Waals surface area contributed by atoms with Crippen molar-refractivity contribution in [3.05, 3.63) is 120 Å². The Balaban J connectivity index is 1.45. The zero-order chi connectivity index (χ0) is 35.1. The van der Waals surface area contributed by atoms with Crippen LogP contribution in [0.3, 0.4) is 0 Å². The molecule has 0 N–H and O–H groups in total. The minimum Gasteiger partial charge on any atom is -0.490 e. The summed E-state index contributed by atoms with van der Waals surface area (Å²) >= 11 is 2.24. The van der Waals surface area contributed by atoms with Gasteiger partial charge in [-0.2, -0.15) is 0 Å². The van der Waals surface area contributed by atoms with E-state index >= 15 is 0 Å². The van der Waals surface area contributed by atoms with Crippen molar-refractivity contribution in [1.29, 1.82) is 0 Å². The van der Waals surface area contributed by atoms with Crippen LogP contribution < -0.4 is 9.47 Å². The summed E-state index contributed by atoms with van der Waals surface area (Å²) in [6.07, 6.45) is 3.13. The van der Waals surface area contributed by atoms with Crippen LogP contribution in [0.2, 0.25) is 0 Å². The van der Waals surface area contributed by atoms with Gasteiger partial charge in [-0.15, -0.1) is 0 Å². The number of ether oxygens (including phenoxy) is 2. The van der Waals surface area contributed by atoms with Crippen molar-refractivity contribution in [2.24, 2.45) is 10.8 Å². The summed E-state index contributed by atoms with van der Waals surface area (Å²) in [4.78, 5) is 41.7. The molecule has 0 spiro atoms. The molecule has 0 bridgehead atoms. The molecule has 3 aliphatic rings. The fourth-order valence-electron chi connectivity index (χ4n) is 7.56. The molecule has 0 saturated carbocycles. The van der Waals surface area contributed by atoms with Crippen molar-refractivity contribution in [2.75, 3.05) is 13.2 Å². The third kappa shape index (κ3) is 7.32. The Labute approximate surface area is 301 Å². The van der Waals surface area contributed by atoms with Crippen LogP contribution in [-0.2, 0) is 22.6 Å². The average molecular weight is 775 g/mol. The Bertz CT molecular complexity index is 1810.